The summed E-state index contributed by atoms with van der Waals surface area (Å²) in [5.74, 6) is 2.86. The SMILES string of the molecule is N#Cc1ccc(C2CCC(C3CC3)CC2)cc1. The number of rotatable bonds is 2. The molecule has 0 bridgehead atoms. The Bertz CT molecular complexity index is 414. The van der Waals surface area contributed by atoms with Crippen LogP contribution in [0.1, 0.15) is 55.6 Å². The largest absolute Gasteiger partial charge is 0.192 e. The summed E-state index contributed by atoms with van der Waals surface area (Å²) < 4.78 is 0. The molecule has 1 aromatic rings. The number of nitrogens with zero attached hydrogens (tertiary/aromatic N) is 1. The molecule has 3 rings (SSSR count). The van der Waals surface area contributed by atoms with Gasteiger partial charge in [0.25, 0.3) is 0 Å². The lowest BCUT2D eigenvalue weighted by atomic mass is 9.77. The summed E-state index contributed by atoms with van der Waals surface area (Å²) in [5.41, 5.74) is 2.22. The standard InChI is InChI=1S/C16H19N/c17-11-12-1-3-13(4-2-12)14-5-7-15(8-6-14)16-9-10-16/h1-4,14-16H,5-10H2. The predicted molar refractivity (Wildman–Crippen MR) is 68.6 cm³/mol. The highest BCUT2D eigenvalue weighted by Gasteiger charge is 2.34. The second kappa shape index (κ2) is 4.53. The summed E-state index contributed by atoms with van der Waals surface area (Å²) in [6.07, 6.45) is 8.54. The molecule has 17 heavy (non-hydrogen) atoms. The van der Waals surface area contributed by atoms with Crippen LogP contribution in [0, 0.1) is 23.2 Å². The molecular formula is C16H19N. The summed E-state index contributed by atoms with van der Waals surface area (Å²) in [6, 6.07) is 10.4. The Kier molecular flexibility index (Phi) is 2.89. The average Bonchev–Trinajstić information content (AvgIpc) is 3.24. The van der Waals surface area contributed by atoms with Crippen LogP contribution in [0.25, 0.3) is 0 Å². The number of hydrogen-bond donors (Lipinski definition) is 0. The summed E-state index contributed by atoms with van der Waals surface area (Å²) >= 11 is 0. The third-order valence-corrected chi connectivity index (χ3v) is 4.57. The highest BCUT2D eigenvalue weighted by Crippen LogP contribution is 2.47. The normalized spacial score (nSPS) is 28.6. The number of hydrogen-bond acceptors (Lipinski definition) is 1. The van der Waals surface area contributed by atoms with E-state index in [0.29, 0.717) is 0 Å². The Morgan fingerprint density at radius 3 is 1.82 bits per heavy atom. The van der Waals surface area contributed by atoms with Gasteiger partial charge in [0, 0.05) is 0 Å². The predicted octanol–water partition coefficient (Wildman–Crippen LogP) is 4.24. The number of benzene rings is 1. The second-order valence-corrected chi connectivity index (χ2v) is 5.68. The summed E-state index contributed by atoms with van der Waals surface area (Å²) in [7, 11) is 0. The topological polar surface area (TPSA) is 23.8 Å². The zero-order chi connectivity index (χ0) is 11.7. The van der Waals surface area contributed by atoms with Crippen LogP contribution in [0.5, 0.6) is 0 Å². The lowest BCUT2D eigenvalue weighted by Gasteiger charge is -2.28. The quantitative estimate of drug-likeness (QED) is 0.738. The molecule has 2 aliphatic carbocycles. The molecule has 2 saturated carbocycles. The lowest BCUT2D eigenvalue weighted by molar-refractivity contribution is 0.296. The molecule has 2 aliphatic rings. The van der Waals surface area contributed by atoms with E-state index in [1.807, 2.05) is 12.1 Å². The molecule has 1 aromatic carbocycles. The third-order valence-electron chi connectivity index (χ3n) is 4.57. The van der Waals surface area contributed by atoms with Crippen LogP contribution in [-0.2, 0) is 0 Å². The van der Waals surface area contributed by atoms with Gasteiger partial charge in [-0.15, -0.1) is 0 Å². The van der Waals surface area contributed by atoms with E-state index in [0.717, 1.165) is 23.3 Å². The molecule has 0 unspecified atom stereocenters. The van der Waals surface area contributed by atoms with Crippen molar-refractivity contribution in [2.24, 2.45) is 11.8 Å². The fourth-order valence-electron chi connectivity index (χ4n) is 3.32. The van der Waals surface area contributed by atoms with Crippen molar-refractivity contribution < 1.29 is 0 Å². The fraction of sp³-hybridized carbons (Fsp3) is 0.562. The Balaban J connectivity index is 1.63. The zero-order valence-corrected chi connectivity index (χ0v) is 10.2. The van der Waals surface area contributed by atoms with E-state index in [4.69, 9.17) is 5.26 Å². The van der Waals surface area contributed by atoms with Crippen LogP contribution in [0.2, 0.25) is 0 Å². The first kappa shape index (κ1) is 10.8. The summed E-state index contributed by atoms with van der Waals surface area (Å²) in [4.78, 5) is 0. The smallest absolute Gasteiger partial charge is 0.0991 e. The van der Waals surface area contributed by atoms with Crippen molar-refractivity contribution in [3.63, 3.8) is 0 Å². The van der Waals surface area contributed by atoms with Crippen LogP contribution in [0.15, 0.2) is 24.3 Å². The van der Waals surface area contributed by atoms with Gasteiger partial charge < -0.3 is 0 Å². The molecule has 0 amide bonds. The first-order valence-electron chi connectivity index (χ1n) is 6.87. The van der Waals surface area contributed by atoms with Crippen molar-refractivity contribution in [3.05, 3.63) is 35.4 Å². The Labute approximate surface area is 103 Å². The van der Waals surface area contributed by atoms with E-state index in [1.165, 1.54) is 44.1 Å². The minimum atomic E-state index is 0.748. The Morgan fingerprint density at radius 2 is 1.35 bits per heavy atom. The molecule has 0 N–H and O–H groups in total. The van der Waals surface area contributed by atoms with E-state index in [9.17, 15) is 0 Å². The van der Waals surface area contributed by atoms with Gasteiger partial charge in [-0.2, -0.15) is 5.26 Å². The Hall–Kier alpha value is -1.29. The van der Waals surface area contributed by atoms with Crippen LogP contribution in [0.3, 0.4) is 0 Å². The molecule has 0 spiro atoms. The van der Waals surface area contributed by atoms with Gasteiger partial charge in [-0.25, -0.2) is 0 Å². The molecular weight excluding hydrogens is 206 g/mol. The highest BCUT2D eigenvalue weighted by molar-refractivity contribution is 5.33. The molecule has 2 fully saturated rings. The molecule has 1 nitrogen and oxygen atoms in total. The molecule has 0 saturated heterocycles. The number of nitriles is 1. The lowest BCUT2D eigenvalue weighted by Crippen LogP contribution is -2.14. The first-order chi connectivity index (χ1) is 8.36. The molecule has 0 aliphatic heterocycles. The van der Waals surface area contributed by atoms with E-state index < -0.39 is 0 Å². The Morgan fingerprint density at radius 1 is 0.824 bits per heavy atom. The van der Waals surface area contributed by atoms with Crippen LogP contribution in [-0.4, -0.2) is 0 Å². The van der Waals surface area contributed by atoms with Gasteiger partial charge in [0.2, 0.25) is 0 Å². The molecule has 0 aromatic heterocycles. The summed E-state index contributed by atoms with van der Waals surface area (Å²) in [5, 5.41) is 8.79. The monoisotopic (exact) mass is 225 g/mol. The third kappa shape index (κ3) is 2.36. The highest BCUT2D eigenvalue weighted by atomic mass is 14.4. The maximum absolute atomic E-state index is 8.79. The van der Waals surface area contributed by atoms with Gasteiger partial charge in [-0.05, 0) is 74.0 Å². The minimum absolute atomic E-state index is 0.748. The van der Waals surface area contributed by atoms with Crippen LogP contribution in [0.4, 0.5) is 0 Å². The van der Waals surface area contributed by atoms with Gasteiger partial charge in [-0.1, -0.05) is 12.1 Å². The van der Waals surface area contributed by atoms with Crippen LogP contribution < -0.4 is 0 Å². The van der Waals surface area contributed by atoms with Gasteiger partial charge in [0.05, 0.1) is 11.6 Å². The molecule has 1 heteroatoms. The maximum Gasteiger partial charge on any atom is 0.0991 e. The van der Waals surface area contributed by atoms with E-state index in [1.54, 1.807) is 0 Å². The fourth-order valence-corrected chi connectivity index (χ4v) is 3.32. The van der Waals surface area contributed by atoms with Gasteiger partial charge >= 0.3 is 0 Å². The molecule has 0 heterocycles. The molecule has 88 valence electrons. The van der Waals surface area contributed by atoms with E-state index in [2.05, 4.69) is 18.2 Å². The van der Waals surface area contributed by atoms with E-state index in [-0.39, 0.29) is 0 Å². The van der Waals surface area contributed by atoms with Gasteiger partial charge in [0.15, 0.2) is 0 Å². The van der Waals surface area contributed by atoms with Crippen LogP contribution >= 0.6 is 0 Å². The van der Waals surface area contributed by atoms with Crippen molar-refractivity contribution in [2.75, 3.05) is 0 Å². The molecule has 0 atom stereocenters. The maximum atomic E-state index is 8.79. The summed E-state index contributed by atoms with van der Waals surface area (Å²) in [6.45, 7) is 0. The first-order valence-corrected chi connectivity index (χ1v) is 6.87. The van der Waals surface area contributed by atoms with Crippen molar-refractivity contribution >= 4 is 0 Å². The minimum Gasteiger partial charge on any atom is -0.192 e. The van der Waals surface area contributed by atoms with Crippen molar-refractivity contribution in [2.45, 2.75) is 44.4 Å². The van der Waals surface area contributed by atoms with Crippen molar-refractivity contribution in [1.82, 2.24) is 0 Å². The van der Waals surface area contributed by atoms with Crippen molar-refractivity contribution in [1.29, 1.82) is 5.26 Å². The second-order valence-electron chi connectivity index (χ2n) is 5.68. The van der Waals surface area contributed by atoms with Crippen molar-refractivity contribution in [3.8, 4) is 6.07 Å². The molecule has 0 radical (unpaired) electrons. The van der Waals surface area contributed by atoms with Gasteiger partial charge in [-0.3, -0.25) is 0 Å². The van der Waals surface area contributed by atoms with E-state index >= 15 is 0 Å². The average molecular weight is 225 g/mol. The van der Waals surface area contributed by atoms with Gasteiger partial charge in [0.1, 0.15) is 0 Å². The zero-order valence-electron chi connectivity index (χ0n) is 10.2.